The van der Waals surface area contributed by atoms with Crippen molar-refractivity contribution < 1.29 is 4.79 Å². The molecule has 6 heteroatoms. The minimum atomic E-state index is -0.0955. The van der Waals surface area contributed by atoms with E-state index >= 15 is 0 Å². The molecule has 112 valence electrons. The third kappa shape index (κ3) is 3.77. The Hall–Kier alpha value is -1.52. The third-order valence-corrected chi connectivity index (χ3v) is 4.03. The summed E-state index contributed by atoms with van der Waals surface area (Å²) in [5.41, 5.74) is 3.70. The highest BCUT2D eigenvalue weighted by molar-refractivity contribution is 6.35. The van der Waals surface area contributed by atoms with Crippen molar-refractivity contribution in [1.29, 1.82) is 0 Å². The zero-order valence-corrected chi connectivity index (χ0v) is 13.7. The lowest BCUT2D eigenvalue weighted by Gasteiger charge is -2.08. The summed E-state index contributed by atoms with van der Waals surface area (Å²) in [5.74, 6) is -0.0955. The summed E-state index contributed by atoms with van der Waals surface area (Å²) in [4.78, 5) is 12.0. The molecule has 0 saturated heterocycles. The lowest BCUT2D eigenvalue weighted by molar-refractivity contribution is -0.116. The summed E-state index contributed by atoms with van der Waals surface area (Å²) in [6, 6.07) is 4.99. The van der Waals surface area contributed by atoms with Crippen LogP contribution in [0.25, 0.3) is 0 Å². The van der Waals surface area contributed by atoms with Gasteiger partial charge in [0, 0.05) is 24.2 Å². The van der Waals surface area contributed by atoms with Gasteiger partial charge in [0.2, 0.25) is 5.91 Å². The number of aromatic nitrogens is 2. The zero-order valence-electron chi connectivity index (χ0n) is 12.2. The Morgan fingerprint density at radius 2 is 2.05 bits per heavy atom. The van der Waals surface area contributed by atoms with Gasteiger partial charge < -0.3 is 5.32 Å². The number of rotatable bonds is 4. The molecule has 1 N–H and O–H groups in total. The second-order valence-electron chi connectivity index (χ2n) is 4.95. The Labute approximate surface area is 134 Å². The minimum Gasteiger partial charge on any atom is -0.325 e. The van der Waals surface area contributed by atoms with E-state index in [1.807, 2.05) is 25.6 Å². The predicted octanol–water partition coefficient (Wildman–Crippen LogP) is 3.92. The topological polar surface area (TPSA) is 46.9 Å². The van der Waals surface area contributed by atoms with Crippen molar-refractivity contribution in [3.63, 3.8) is 0 Å². The van der Waals surface area contributed by atoms with Gasteiger partial charge in [0.05, 0.1) is 16.4 Å². The number of hydrogen-bond acceptors (Lipinski definition) is 2. The molecule has 21 heavy (non-hydrogen) atoms. The van der Waals surface area contributed by atoms with Gasteiger partial charge in [-0.15, -0.1) is 0 Å². The molecule has 0 aliphatic heterocycles. The average Bonchev–Trinajstić information content (AvgIpc) is 2.66. The Balaban J connectivity index is 2.01. The molecular formula is C15H17Cl2N3O. The first kappa shape index (κ1) is 15.9. The van der Waals surface area contributed by atoms with E-state index in [1.54, 1.807) is 18.2 Å². The molecule has 1 aromatic carbocycles. The van der Waals surface area contributed by atoms with E-state index in [0.29, 0.717) is 28.6 Å². The molecule has 0 radical (unpaired) electrons. The van der Waals surface area contributed by atoms with E-state index in [4.69, 9.17) is 23.2 Å². The van der Waals surface area contributed by atoms with Crippen LogP contribution in [0.4, 0.5) is 5.69 Å². The molecule has 0 aliphatic carbocycles. The van der Waals surface area contributed by atoms with Crippen molar-refractivity contribution in [2.75, 3.05) is 5.32 Å². The number of amides is 1. The summed E-state index contributed by atoms with van der Waals surface area (Å²) >= 11 is 11.9. The maximum atomic E-state index is 12.0. The van der Waals surface area contributed by atoms with Crippen molar-refractivity contribution >= 4 is 34.8 Å². The first-order chi connectivity index (χ1) is 9.88. The van der Waals surface area contributed by atoms with Crippen LogP contribution in [0, 0.1) is 13.8 Å². The highest BCUT2D eigenvalue weighted by Crippen LogP contribution is 2.25. The highest BCUT2D eigenvalue weighted by atomic mass is 35.5. The van der Waals surface area contributed by atoms with Crippen molar-refractivity contribution in [3.8, 4) is 0 Å². The molecule has 0 fully saturated rings. The molecule has 1 amide bonds. The molecule has 0 unspecified atom stereocenters. The van der Waals surface area contributed by atoms with Crippen LogP contribution < -0.4 is 5.32 Å². The van der Waals surface area contributed by atoms with Gasteiger partial charge in [-0.25, -0.2) is 0 Å². The van der Waals surface area contributed by atoms with E-state index in [-0.39, 0.29) is 5.91 Å². The molecular weight excluding hydrogens is 309 g/mol. The molecule has 0 spiro atoms. The molecule has 1 heterocycles. The number of benzene rings is 1. The van der Waals surface area contributed by atoms with Crippen LogP contribution in [0.15, 0.2) is 18.2 Å². The second-order valence-corrected chi connectivity index (χ2v) is 5.79. The minimum absolute atomic E-state index is 0.0955. The molecule has 0 bridgehead atoms. The van der Waals surface area contributed by atoms with E-state index < -0.39 is 0 Å². The van der Waals surface area contributed by atoms with Crippen molar-refractivity contribution in [2.24, 2.45) is 7.05 Å². The maximum Gasteiger partial charge on any atom is 0.224 e. The molecule has 0 atom stereocenters. The van der Waals surface area contributed by atoms with Crippen molar-refractivity contribution in [2.45, 2.75) is 26.7 Å². The SMILES string of the molecule is Cc1nn(C)c(C)c1CCC(=O)Nc1cc(Cl)ccc1Cl. The van der Waals surface area contributed by atoms with Gasteiger partial charge in [-0.05, 0) is 44.0 Å². The van der Waals surface area contributed by atoms with Crippen LogP contribution in [0.3, 0.4) is 0 Å². The number of nitrogens with one attached hydrogen (secondary N) is 1. The molecule has 0 saturated carbocycles. The van der Waals surface area contributed by atoms with Gasteiger partial charge in [0.1, 0.15) is 0 Å². The summed E-state index contributed by atoms with van der Waals surface area (Å²) < 4.78 is 1.83. The fraction of sp³-hybridized carbons (Fsp3) is 0.333. The first-order valence-electron chi connectivity index (χ1n) is 6.62. The number of carbonyl (C=O) groups is 1. The van der Waals surface area contributed by atoms with Crippen LogP contribution in [-0.2, 0) is 18.3 Å². The molecule has 1 aromatic heterocycles. The lowest BCUT2D eigenvalue weighted by Crippen LogP contribution is -2.13. The zero-order chi connectivity index (χ0) is 15.6. The van der Waals surface area contributed by atoms with Crippen LogP contribution >= 0.6 is 23.2 Å². The fourth-order valence-corrected chi connectivity index (χ4v) is 2.56. The van der Waals surface area contributed by atoms with Crippen molar-refractivity contribution in [3.05, 3.63) is 45.2 Å². The molecule has 2 aromatic rings. The number of anilines is 1. The predicted molar refractivity (Wildman–Crippen MR) is 86.1 cm³/mol. The van der Waals surface area contributed by atoms with Crippen LogP contribution in [0.1, 0.15) is 23.4 Å². The monoisotopic (exact) mass is 325 g/mol. The Morgan fingerprint density at radius 3 is 2.67 bits per heavy atom. The van der Waals surface area contributed by atoms with Crippen molar-refractivity contribution in [1.82, 2.24) is 9.78 Å². The average molecular weight is 326 g/mol. The summed E-state index contributed by atoms with van der Waals surface area (Å²) in [7, 11) is 1.90. The smallest absolute Gasteiger partial charge is 0.224 e. The molecule has 4 nitrogen and oxygen atoms in total. The van der Waals surface area contributed by atoms with E-state index in [0.717, 1.165) is 17.0 Å². The van der Waals surface area contributed by atoms with E-state index in [9.17, 15) is 4.79 Å². The van der Waals surface area contributed by atoms with Crippen LogP contribution in [0.2, 0.25) is 10.0 Å². The standard InChI is InChI=1S/C15H17Cl2N3O/c1-9-12(10(2)20(3)19-9)5-7-15(21)18-14-8-11(16)4-6-13(14)17/h4,6,8H,5,7H2,1-3H3,(H,18,21). The first-order valence-corrected chi connectivity index (χ1v) is 7.38. The third-order valence-electron chi connectivity index (χ3n) is 3.46. The van der Waals surface area contributed by atoms with Gasteiger partial charge in [0.25, 0.3) is 0 Å². The molecule has 0 aliphatic rings. The normalized spacial score (nSPS) is 10.7. The number of aryl methyl sites for hydroxylation is 2. The van der Waals surface area contributed by atoms with Gasteiger partial charge in [0.15, 0.2) is 0 Å². The fourth-order valence-electron chi connectivity index (χ4n) is 2.22. The highest BCUT2D eigenvalue weighted by Gasteiger charge is 2.12. The summed E-state index contributed by atoms with van der Waals surface area (Å²) in [6.45, 7) is 3.95. The summed E-state index contributed by atoms with van der Waals surface area (Å²) in [5, 5.41) is 8.14. The Kier molecular flexibility index (Phi) is 4.91. The molecule has 2 rings (SSSR count). The van der Waals surface area contributed by atoms with Gasteiger partial charge in [-0.3, -0.25) is 9.48 Å². The van der Waals surface area contributed by atoms with Crippen LogP contribution in [-0.4, -0.2) is 15.7 Å². The van der Waals surface area contributed by atoms with Gasteiger partial charge >= 0.3 is 0 Å². The van der Waals surface area contributed by atoms with E-state index in [1.165, 1.54) is 0 Å². The second kappa shape index (κ2) is 6.50. The van der Waals surface area contributed by atoms with Gasteiger partial charge in [-0.2, -0.15) is 5.10 Å². The summed E-state index contributed by atoms with van der Waals surface area (Å²) in [6.07, 6.45) is 1.02. The van der Waals surface area contributed by atoms with E-state index in [2.05, 4.69) is 10.4 Å². The maximum absolute atomic E-state index is 12.0. The largest absolute Gasteiger partial charge is 0.325 e. The number of halogens is 2. The Bertz CT molecular complexity index is 680. The lowest BCUT2D eigenvalue weighted by atomic mass is 10.1. The number of carbonyl (C=O) groups excluding carboxylic acids is 1. The number of nitrogens with zero attached hydrogens (tertiary/aromatic N) is 2. The quantitative estimate of drug-likeness (QED) is 0.926. The van der Waals surface area contributed by atoms with Gasteiger partial charge in [-0.1, -0.05) is 23.2 Å². The van der Waals surface area contributed by atoms with Crippen LogP contribution in [0.5, 0.6) is 0 Å². The number of hydrogen-bond donors (Lipinski definition) is 1. The Morgan fingerprint density at radius 1 is 1.33 bits per heavy atom.